The van der Waals surface area contributed by atoms with Crippen LogP contribution in [0.3, 0.4) is 0 Å². The van der Waals surface area contributed by atoms with E-state index < -0.39 is 0 Å². The van der Waals surface area contributed by atoms with E-state index in [2.05, 4.69) is 10.3 Å². The topological polar surface area (TPSA) is 60.2 Å². The Morgan fingerprint density at radius 1 is 1.50 bits per heavy atom. The number of benzene rings is 1. The zero-order valence-corrected chi connectivity index (χ0v) is 11.2. The maximum Gasteiger partial charge on any atom is 0.0907 e. The number of nitrogens with two attached hydrogens (primary N) is 1. The fourth-order valence-electron chi connectivity index (χ4n) is 2.30. The monoisotopic (exact) mass is 263 g/mol. The highest BCUT2D eigenvalue weighted by Crippen LogP contribution is 2.30. The molecule has 3 N–H and O–H groups in total. The van der Waals surface area contributed by atoms with Gasteiger partial charge in [0.25, 0.3) is 0 Å². The summed E-state index contributed by atoms with van der Waals surface area (Å²) in [5, 5.41) is 4.54. The maximum atomic E-state index is 6.09. The van der Waals surface area contributed by atoms with Crippen LogP contribution in [0.25, 0.3) is 10.2 Å². The van der Waals surface area contributed by atoms with Crippen LogP contribution < -0.4 is 11.1 Å². The van der Waals surface area contributed by atoms with E-state index in [0.29, 0.717) is 6.04 Å². The molecule has 2 heterocycles. The number of thiazole rings is 1. The van der Waals surface area contributed by atoms with Crippen LogP contribution in [0.2, 0.25) is 0 Å². The number of nitrogen functional groups attached to an aromatic ring is 1. The van der Waals surface area contributed by atoms with E-state index in [0.717, 1.165) is 52.7 Å². The lowest BCUT2D eigenvalue weighted by Crippen LogP contribution is -2.30. The Kier molecular flexibility index (Phi) is 3.09. The third kappa shape index (κ3) is 2.28. The number of aryl methyl sites for hydroxylation is 1. The Bertz CT molecular complexity index is 561. The first-order valence-electron chi connectivity index (χ1n) is 6.23. The molecule has 0 bridgehead atoms. The van der Waals surface area contributed by atoms with Gasteiger partial charge < -0.3 is 15.8 Å². The van der Waals surface area contributed by atoms with E-state index in [4.69, 9.17) is 10.5 Å². The third-order valence-electron chi connectivity index (χ3n) is 3.19. The fraction of sp³-hybridized carbons (Fsp3) is 0.462. The lowest BCUT2D eigenvalue weighted by molar-refractivity contribution is 0.0876. The van der Waals surface area contributed by atoms with E-state index in [-0.39, 0.29) is 0 Å². The summed E-state index contributed by atoms with van der Waals surface area (Å²) in [5.41, 5.74) is 8.87. The Morgan fingerprint density at radius 2 is 2.39 bits per heavy atom. The standard InChI is InChI=1S/C13H17N3OS/c1-8-15-12-6-11(10(14)5-13(12)18-8)16-9-3-2-4-17-7-9/h5-6,9,16H,2-4,7,14H2,1H3. The van der Waals surface area contributed by atoms with Crippen molar-refractivity contribution in [2.24, 2.45) is 0 Å². The highest BCUT2D eigenvalue weighted by molar-refractivity contribution is 7.18. The van der Waals surface area contributed by atoms with Gasteiger partial charge in [-0.1, -0.05) is 0 Å². The molecule has 1 aliphatic heterocycles. The van der Waals surface area contributed by atoms with E-state index >= 15 is 0 Å². The van der Waals surface area contributed by atoms with Crippen LogP contribution in [-0.2, 0) is 4.74 Å². The van der Waals surface area contributed by atoms with Crippen molar-refractivity contribution in [3.05, 3.63) is 17.1 Å². The van der Waals surface area contributed by atoms with Gasteiger partial charge in [-0.3, -0.25) is 0 Å². The molecule has 1 aliphatic rings. The number of anilines is 2. The number of hydrogen-bond donors (Lipinski definition) is 2. The zero-order chi connectivity index (χ0) is 12.5. The molecule has 0 saturated carbocycles. The van der Waals surface area contributed by atoms with E-state index in [1.54, 1.807) is 11.3 Å². The summed E-state index contributed by atoms with van der Waals surface area (Å²) in [6.45, 7) is 3.65. The van der Waals surface area contributed by atoms with Crippen LogP contribution in [0.1, 0.15) is 17.8 Å². The molecule has 1 aromatic heterocycles. The normalized spacial score (nSPS) is 20.2. The maximum absolute atomic E-state index is 6.09. The minimum absolute atomic E-state index is 0.359. The summed E-state index contributed by atoms with van der Waals surface area (Å²) in [6.07, 6.45) is 2.24. The summed E-state index contributed by atoms with van der Waals surface area (Å²) in [7, 11) is 0. The minimum atomic E-state index is 0.359. The van der Waals surface area contributed by atoms with Crippen LogP contribution in [-0.4, -0.2) is 24.2 Å². The molecule has 18 heavy (non-hydrogen) atoms. The number of aromatic nitrogens is 1. The second-order valence-electron chi connectivity index (χ2n) is 4.70. The average Bonchev–Trinajstić information content (AvgIpc) is 2.70. The van der Waals surface area contributed by atoms with Crippen LogP contribution in [0, 0.1) is 6.92 Å². The van der Waals surface area contributed by atoms with Crippen molar-refractivity contribution in [1.82, 2.24) is 4.98 Å². The number of fused-ring (bicyclic) bond motifs is 1. The molecule has 2 aromatic rings. The summed E-state index contributed by atoms with van der Waals surface area (Å²) in [6, 6.07) is 4.41. The summed E-state index contributed by atoms with van der Waals surface area (Å²) in [4.78, 5) is 4.50. The molecule has 1 saturated heterocycles. The van der Waals surface area contributed by atoms with Crippen molar-refractivity contribution in [2.75, 3.05) is 24.3 Å². The van der Waals surface area contributed by atoms with Gasteiger partial charge in [0.2, 0.25) is 0 Å². The molecule has 1 fully saturated rings. The lowest BCUT2D eigenvalue weighted by atomic mass is 10.1. The predicted octanol–water partition coefficient (Wildman–Crippen LogP) is 2.78. The number of rotatable bonds is 2. The quantitative estimate of drug-likeness (QED) is 0.818. The van der Waals surface area contributed by atoms with Gasteiger partial charge in [0.05, 0.1) is 33.2 Å². The molecule has 0 radical (unpaired) electrons. The highest BCUT2D eigenvalue weighted by atomic mass is 32.1. The van der Waals surface area contributed by atoms with Crippen molar-refractivity contribution in [3.63, 3.8) is 0 Å². The lowest BCUT2D eigenvalue weighted by Gasteiger charge is -2.24. The van der Waals surface area contributed by atoms with E-state index in [1.165, 1.54) is 0 Å². The highest BCUT2D eigenvalue weighted by Gasteiger charge is 2.15. The van der Waals surface area contributed by atoms with Gasteiger partial charge >= 0.3 is 0 Å². The van der Waals surface area contributed by atoms with Crippen LogP contribution in [0.5, 0.6) is 0 Å². The van der Waals surface area contributed by atoms with Crippen LogP contribution >= 0.6 is 11.3 Å². The second-order valence-corrected chi connectivity index (χ2v) is 5.93. The molecule has 1 unspecified atom stereocenters. The molecule has 3 rings (SSSR count). The van der Waals surface area contributed by atoms with Crippen molar-refractivity contribution >= 4 is 32.9 Å². The molecule has 5 heteroatoms. The van der Waals surface area contributed by atoms with Gasteiger partial charge in [-0.15, -0.1) is 11.3 Å². The minimum Gasteiger partial charge on any atom is -0.397 e. The molecule has 96 valence electrons. The second kappa shape index (κ2) is 4.74. The first-order valence-corrected chi connectivity index (χ1v) is 7.05. The van der Waals surface area contributed by atoms with Gasteiger partial charge in [0.15, 0.2) is 0 Å². The summed E-state index contributed by atoms with van der Waals surface area (Å²) in [5.74, 6) is 0. The number of hydrogen-bond acceptors (Lipinski definition) is 5. The Hall–Kier alpha value is -1.33. The molecule has 1 atom stereocenters. The molecule has 0 spiro atoms. The number of nitrogens with zero attached hydrogens (tertiary/aromatic N) is 1. The molecular formula is C13H17N3OS. The SMILES string of the molecule is Cc1nc2cc(NC3CCCOC3)c(N)cc2s1. The van der Waals surface area contributed by atoms with Crippen molar-refractivity contribution in [1.29, 1.82) is 0 Å². The third-order valence-corrected chi connectivity index (χ3v) is 4.12. The van der Waals surface area contributed by atoms with Crippen LogP contribution in [0.4, 0.5) is 11.4 Å². The van der Waals surface area contributed by atoms with Crippen molar-refractivity contribution in [2.45, 2.75) is 25.8 Å². The summed E-state index contributed by atoms with van der Waals surface area (Å²) >= 11 is 1.68. The van der Waals surface area contributed by atoms with Gasteiger partial charge in [-0.05, 0) is 31.9 Å². The van der Waals surface area contributed by atoms with Gasteiger partial charge in [0, 0.05) is 12.6 Å². The molecule has 0 amide bonds. The molecule has 4 nitrogen and oxygen atoms in total. The van der Waals surface area contributed by atoms with Crippen LogP contribution in [0.15, 0.2) is 12.1 Å². The van der Waals surface area contributed by atoms with Crippen molar-refractivity contribution in [3.8, 4) is 0 Å². The van der Waals surface area contributed by atoms with Gasteiger partial charge in [-0.2, -0.15) is 0 Å². The first-order chi connectivity index (χ1) is 8.72. The predicted molar refractivity (Wildman–Crippen MR) is 76.2 cm³/mol. The first kappa shape index (κ1) is 11.7. The Morgan fingerprint density at radius 3 is 3.17 bits per heavy atom. The summed E-state index contributed by atoms with van der Waals surface area (Å²) < 4.78 is 6.62. The average molecular weight is 263 g/mol. The van der Waals surface area contributed by atoms with E-state index in [1.807, 2.05) is 19.1 Å². The molecule has 1 aromatic carbocycles. The fourth-order valence-corrected chi connectivity index (χ4v) is 3.16. The van der Waals surface area contributed by atoms with E-state index in [9.17, 15) is 0 Å². The largest absolute Gasteiger partial charge is 0.397 e. The molecule has 0 aliphatic carbocycles. The van der Waals surface area contributed by atoms with Gasteiger partial charge in [0.1, 0.15) is 0 Å². The number of nitrogens with one attached hydrogen (secondary N) is 1. The Labute approximate surface area is 110 Å². The Balaban J connectivity index is 1.88. The smallest absolute Gasteiger partial charge is 0.0907 e. The molecular weight excluding hydrogens is 246 g/mol. The van der Waals surface area contributed by atoms with Crippen molar-refractivity contribution < 1.29 is 4.74 Å². The van der Waals surface area contributed by atoms with Gasteiger partial charge in [-0.25, -0.2) is 4.98 Å². The number of ether oxygens (including phenoxy) is 1. The zero-order valence-electron chi connectivity index (χ0n) is 10.4.